The molecule has 0 bridgehead atoms. The highest BCUT2D eigenvalue weighted by Gasteiger charge is 2.23. The molecule has 0 aliphatic heterocycles. The Morgan fingerprint density at radius 1 is 1.24 bits per heavy atom. The van der Waals surface area contributed by atoms with Crippen molar-refractivity contribution in [2.75, 3.05) is 5.32 Å². The summed E-state index contributed by atoms with van der Waals surface area (Å²) in [5, 5.41) is 12.6. The molecule has 1 aromatic rings. The molecular formula is C18H28N2O4S. The number of anilines is 1. The molecule has 25 heavy (non-hydrogen) atoms. The first-order chi connectivity index (χ1) is 11.8. The van der Waals surface area contributed by atoms with E-state index < -0.39 is 16.0 Å². The number of carboxylic acid groups (broad SMARTS) is 1. The largest absolute Gasteiger partial charge is 0.478 e. The molecule has 0 amide bonds. The van der Waals surface area contributed by atoms with Gasteiger partial charge in [0.25, 0.3) is 0 Å². The number of hydrogen-bond acceptors (Lipinski definition) is 4. The minimum atomic E-state index is -3.72. The van der Waals surface area contributed by atoms with E-state index in [1.807, 2.05) is 13.8 Å². The van der Waals surface area contributed by atoms with Crippen molar-refractivity contribution in [2.24, 2.45) is 0 Å². The predicted octanol–water partition coefficient (Wildman–Crippen LogP) is 3.60. The van der Waals surface area contributed by atoms with Crippen molar-refractivity contribution >= 4 is 21.7 Å². The lowest BCUT2D eigenvalue weighted by Crippen LogP contribution is -2.34. The summed E-state index contributed by atoms with van der Waals surface area (Å²) < 4.78 is 28.1. The van der Waals surface area contributed by atoms with Crippen molar-refractivity contribution in [1.82, 2.24) is 4.72 Å². The average Bonchev–Trinajstić information content (AvgIpc) is 2.82. The molecule has 1 atom stereocenters. The Bertz CT molecular complexity index is 695. The number of carboxylic acids is 1. The average molecular weight is 368 g/mol. The van der Waals surface area contributed by atoms with E-state index in [9.17, 15) is 18.3 Å². The molecule has 0 aromatic heterocycles. The highest BCUT2D eigenvalue weighted by molar-refractivity contribution is 7.89. The molecule has 1 aromatic carbocycles. The third-order valence-corrected chi connectivity index (χ3v) is 6.24. The molecule has 0 radical (unpaired) electrons. The third kappa shape index (κ3) is 5.44. The van der Waals surface area contributed by atoms with Gasteiger partial charge in [-0.25, -0.2) is 17.9 Å². The van der Waals surface area contributed by atoms with Crippen molar-refractivity contribution in [2.45, 2.75) is 75.8 Å². The molecule has 1 saturated carbocycles. The van der Waals surface area contributed by atoms with Gasteiger partial charge in [-0.15, -0.1) is 0 Å². The van der Waals surface area contributed by atoms with Crippen LogP contribution in [0.2, 0.25) is 0 Å². The minimum Gasteiger partial charge on any atom is -0.478 e. The van der Waals surface area contributed by atoms with Crippen LogP contribution >= 0.6 is 0 Å². The summed E-state index contributed by atoms with van der Waals surface area (Å²) >= 11 is 0. The molecule has 140 valence electrons. The smallest absolute Gasteiger partial charge is 0.337 e. The van der Waals surface area contributed by atoms with Gasteiger partial charge in [0.1, 0.15) is 0 Å². The molecule has 7 heteroatoms. The summed E-state index contributed by atoms with van der Waals surface area (Å²) in [7, 11) is -3.72. The number of rotatable bonds is 7. The van der Waals surface area contributed by atoms with E-state index in [4.69, 9.17) is 0 Å². The van der Waals surface area contributed by atoms with Crippen molar-refractivity contribution in [1.29, 1.82) is 0 Å². The van der Waals surface area contributed by atoms with Gasteiger partial charge in [0.15, 0.2) is 0 Å². The van der Waals surface area contributed by atoms with Gasteiger partial charge in [0.05, 0.1) is 10.5 Å². The Morgan fingerprint density at radius 2 is 1.88 bits per heavy atom. The van der Waals surface area contributed by atoms with Gasteiger partial charge in [-0.3, -0.25) is 0 Å². The first-order valence-electron chi connectivity index (χ1n) is 8.99. The predicted molar refractivity (Wildman–Crippen MR) is 98.6 cm³/mol. The minimum absolute atomic E-state index is 0.00356. The first kappa shape index (κ1) is 19.7. The van der Waals surface area contributed by atoms with E-state index >= 15 is 0 Å². The van der Waals surface area contributed by atoms with Gasteiger partial charge in [-0.1, -0.05) is 32.6 Å². The highest BCUT2D eigenvalue weighted by atomic mass is 32.2. The van der Waals surface area contributed by atoms with Gasteiger partial charge < -0.3 is 10.4 Å². The molecule has 1 aliphatic carbocycles. The van der Waals surface area contributed by atoms with Crippen LogP contribution in [-0.4, -0.2) is 31.6 Å². The van der Waals surface area contributed by atoms with E-state index in [1.165, 1.54) is 18.2 Å². The summed E-state index contributed by atoms with van der Waals surface area (Å²) in [6.45, 7) is 3.94. The number of sulfonamides is 1. The molecule has 1 unspecified atom stereocenters. The van der Waals surface area contributed by atoms with Gasteiger partial charge >= 0.3 is 5.97 Å². The number of aromatic carboxylic acids is 1. The van der Waals surface area contributed by atoms with Crippen LogP contribution in [0.1, 0.15) is 69.2 Å². The number of hydrogen-bond donors (Lipinski definition) is 3. The van der Waals surface area contributed by atoms with Crippen molar-refractivity contribution in [3.05, 3.63) is 23.8 Å². The maximum absolute atomic E-state index is 12.7. The summed E-state index contributed by atoms with van der Waals surface area (Å²) in [4.78, 5) is 11.6. The Labute approximate surface area is 150 Å². The van der Waals surface area contributed by atoms with Gasteiger partial charge in [-0.2, -0.15) is 0 Å². The second-order valence-corrected chi connectivity index (χ2v) is 8.49. The molecule has 0 heterocycles. The fraction of sp³-hybridized carbons (Fsp3) is 0.611. The Balaban J connectivity index is 2.25. The molecule has 3 N–H and O–H groups in total. The van der Waals surface area contributed by atoms with Crippen molar-refractivity contribution in [3.8, 4) is 0 Å². The van der Waals surface area contributed by atoms with Gasteiger partial charge in [0.2, 0.25) is 10.0 Å². The highest BCUT2D eigenvalue weighted by Crippen LogP contribution is 2.24. The third-order valence-electron chi connectivity index (χ3n) is 4.72. The van der Waals surface area contributed by atoms with Crippen LogP contribution in [0.3, 0.4) is 0 Å². The zero-order valence-electron chi connectivity index (χ0n) is 14.9. The SMILES string of the molecule is CCC(C)Nc1ccc(S(=O)(=O)NC2CCCCCC2)cc1C(=O)O. The Hall–Kier alpha value is -1.60. The van der Waals surface area contributed by atoms with Crippen LogP contribution in [0.15, 0.2) is 23.1 Å². The summed E-state index contributed by atoms with van der Waals surface area (Å²) in [5.74, 6) is -1.14. The maximum atomic E-state index is 12.7. The topological polar surface area (TPSA) is 95.5 Å². The summed E-state index contributed by atoms with van der Waals surface area (Å²) in [5.41, 5.74) is 0.416. The van der Waals surface area contributed by atoms with Crippen molar-refractivity contribution in [3.63, 3.8) is 0 Å². The normalized spacial score (nSPS) is 17.7. The van der Waals surface area contributed by atoms with E-state index in [2.05, 4.69) is 10.0 Å². The fourth-order valence-electron chi connectivity index (χ4n) is 3.05. The number of benzene rings is 1. The lowest BCUT2D eigenvalue weighted by molar-refractivity contribution is 0.0697. The van der Waals surface area contributed by atoms with E-state index in [-0.39, 0.29) is 22.5 Å². The monoisotopic (exact) mass is 368 g/mol. The fourth-order valence-corrected chi connectivity index (χ4v) is 4.38. The second kappa shape index (κ2) is 8.67. The van der Waals surface area contributed by atoms with E-state index in [0.717, 1.165) is 44.9 Å². The zero-order chi connectivity index (χ0) is 18.4. The standard InChI is InChI=1S/C18H28N2O4S/c1-3-13(2)19-17-11-10-15(12-16(17)18(21)22)25(23,24)20-14-8-6-4-5-7-9-14/h10-14,19-20H,3-9H2,1-2H3,(H,21,22). The van der Waals surface area contributed by atoms with Crippen LogP contribution in [0.25, 0.3) is 0 Å². The molecule has 0 spiro atoms. The van der Waals surface area contributed by atoms with Crippen LogP contribution < -0.4 is 10.0 Å². The van der Waals surface area contributed by atoms with Crippen molar-refractivity contribution < 1.29 is 18.3 Å². The summed E-state index contributed by atoms with van der Waals surface area (Å²) in [6.07, 6.45) is 6.81. The van der Waals surface area contributed by atoms with Crippen LogP contribution in [0.4, 0.5) is 5.69 Å². The lowest BCUT2D eigenvalue weighted by atomic mass is 10.1. The number of carbonyl (C=O) groups is 1. The van der Waals surface area contributed by atoms with E-state index in [1.54, 1.807) is 0 Å². The van der Waals surface area contributed by atoms with Crippen LogP contribution in [-0.2, 0) is 10.0 Å². The molecule has 1 fully saturated rings. The van der Waals surface area contributed by atoms with Crippen LogP contribution in [0, 0.1) is 0 Å². The lowest BCUT2D eigenvalue weighted by Gasteiger charge is -2.18. The van der Waals surface area contributed by atoms with Crippen LogP contribution in [0.5, 0.6) is 0 Å². The molecule has 2 rings (SSSR count). The Kier molecular flexibility index (Phi) is 6.84. The summed E-state index contributed by atoms with van der Waals surface area (Å²) in [6, 6.07) is 4.28. The van der Waals surface area contributed by atoms with Gasteiger partial charge in [0, 0.05) is 17.8 Å². The number of nitrogens with one attached hydrogen (secondary N) is 2. The second-order valence-electron chi connectivity index (χ2n) is 6.78. The molecular weight excluding hydrogens is 340 g/mol. The van der Waals surface area contributed by atoms with Gasteiger partial charge in [-0.05, 0) is 44.4 Å². The van der Waals surface area contributed by atoms with E-state index in [0.29, 0.717) is 5.69 Å². The zero-order valence-corrected chi connectivity index (χ0v) is 15.7. The maximum Gasteiger partial charge on any atom is 0.337 e. The molecule has 6 nitrogen and oxygen atoms in total. The molecule has 0 saturated heterocycles. The Morgan fingerprint density at radius 3 is 2.44 bits per heavy atom. The first-order valence-corrected chi connectivity index (χ1v) is 10.5. The quantitative estimate of drug-likeness (QED) is 0.639. The molecule has 1 aliphatic rings.